The van der Waals surface area contributed by atoms with E-state index in [1.807, 2.05) is 12.1 Å². The smallest absolute Gasteiger partial charge is 0.406 e. The Balaban J connectivity index is 1.49. The lowest BCUT2D eigenvalue weighted by Gasteiger charge is -2.29. The lowest BCUT2D eigenvalue weighted by molar-refractivity contribution is -0.274. The van der Waals surface area contributed by atoms with Gasteiger partial charge >= 0.3 is 6.36 Å². The molecule has 0 spiro atoms. The summed E-state index contributed by atoms with van der Waals surface area (Å²) >= 11 is 0. The normalized spacial score (nSPS) is 19.3. The molecule has 0 saturated heterocycles. The average molecular weight is 445 g/mol. The molecule has 3 aromatic rings. The van der Waals surface area contributed by atoms with E-state index in [1.54, 1.807) is 30.3 Å². The summed E-state index contributed by atoms with van der Waals surface area (Å²) in [6.07, 6.45) is 3.79. The van der Waals surface area contributed by atoms with Crippen LogP contribution in [0.1, 0.15) is 63.4 Å². The van der Waals surface area contributed by atoms with Crippen LogP contribution in [-0.4, -0.2) is 6.36 Å². The molecular formula is C27H28F4O. The van der Waals surface area contributed by atoms with Crippen molar-refractivity contribution in [2.45, 2.75) is 64.1 Å². The summed E-state index contributed by atoms with van der Waals surface area (Å²) < 4.78 is 56.3. The SMILES string of the molecule is CCCC[C@H]1CC[C@H](c2ccc(-c3ccc4cc(OC(F)(F)F)ccc4c3)c(F)c2)CC1. The second-order valence-corrected chi connectivity index (χ2v) is 8.87. The van der Waals surface area contributed by atoms with E-state index in [9.17, 15) is 13.2 Å². The topological polar surface area (TPSA) is 9.23 Å². The number of hydrogen-bond donors (Lipinski definition) is 0. The molecule has 1 saturated carbocycles. The molecule has 1 aliphatic carbocycles. The van der Waals surface area contributed by atoms with Gasteiger partial charge in [-0.25, -0.2) is 4.39 Å². The van der Waals surface area contributed by atoms with Gasteiger partial charge in [-0.15, -0.1) is 13.2 Å². The molecule has 5 heteroatoms. The summed E-state index contributed by atoms with van der Waals surface area (Å²) in [6.45, 7) is 2.23. The Morgan fingerprint density at radius 3 is 2.28 bits per heavy atom. The van der Waals surface area contributed by atoms with Crippen molar-refractivity contribution in [1.82, 2.24) is 0 Å². The van der Waals surface area contributed by atoms with Gasteiger partial charge in [0.15, 0.2) is 0 Å². The molecule has 0 radical (unpaired) electrons. The largest absolute Gasteiger partial charge is 0.573 e. The Labute approximate surface area is 186 Å². The minimum absolute atomic E-state index is 0.257. The van der Waals surface area contributed by atoms with Crippen molar-refractivity contribution in [2.75, 3.05) is 0 Å². The number of unbranched alkanes of at least 4 members (excludes halogenated alkanes) is 1. The molecule has 1 nitrogen and oxygen atoms in total. The number of alkyl halides is 3. The molecule has 0 heterocycles. The molecule has 0 unspecified atom stereocenters. The summed E-state index contributed by atoms with van der Waals surface area (Å²) in [5.74, 6) is 0.708. The van der Waals surface area contributed by atoms with Crippen molar-refractivity contribution < 1.29 is 22.3 Å². The molecule has 0 N–H and O–H groups in total. The highest BCUT2D eigenvalue weighted by Gasteiger charge is 2.31. The molecule has 1 aliphatic rings. The van der Waals surface area contributed by atoms with E-state index in [4.69, 9.17) is 0 Å². The van der Waals surface area contributed by atoms with Crippen LogP contribution in [-0.2, 0) is 0 Å². The van der Waals surface area contributed by atoms with Crippen LogP contribution in [0.25, 0.3) is 21.9 Å². The van der Waals surface area contributed by atoms with Crippen molar-refractivity contribution in [3.63, 3.8) is 0 Å². The first kappa shape index (κ1) is 22.6. The Kier molecular flexibility index (Phi) is 6.73. The Bertz CT molecular complexity index is 1060. The summed E-state index contributed by atoms with van der Waals surface area (Å²) in [6, 6.07) is 14.9. The number of rotatable bonds is 6. The monoisotopic (exact) mass is 444 g/mol. The quantitative estimate of drug-likeness (QED) is 0.345. The second-order valence-electron chi connectivity index (χ2n) is 8.87. The average Bonchev–Trinajstić information content (AvgIpc) is 2.76. The zero-order valence-electron chi connectivity index (χ0n) is 18.2. The van der Waals surface area contributed by atoms with Gasteiger partial charge in [0.1, 0.15) is 11.6 Å². The first-order valence-corrected chi connectivity index (χ1v) is 11.4. The zero-order chi connectivity index (χ0) is 22.7. The van der Waals surface area contributed by atoms with E-state index in [-0.39, 0.29) is 11.6 Å². The maximum absolute atomic E-state index is 15.0. The summed E-state index contributed by atoms with van der Waals surface area (Å²) in [5.41, 5.74) is 2.27. The third-order valence-electron chi connectivity index (χ3n) is 6.63. The fourth-order valence-corrected chi connectivity index (χ4v) is 4.89. The fourth-order valence-electron chi connectivity index (χ4n) is 4.89. The van der Waals surface area contributed by atoms with Crippen LogP contribution in [0, 0.1) is 11.7 Å². The molecule has 170 valence electrons. The minimum Gasteiger partial charge on any atom is -0.406 e. The first-order chi connectivity index (χ1) is 15.3. The van der Waals surface area contributed by atoms with Gasteiger partial charge in [0, 0.05) is 5.56 Å². The van der Waals surface area contributed by atoms with Crippen LogP contribution in [0.5, 0.6) is 5.75 Å². The lowest BCUT2D eigenvalue weighted by Crippen LogP contribution is -2.16. The van der Waals surface area contributed by atoms with E-state index < -0.39 is 6.36 Å². The van der Waals surface area contributed by atoms with Gasteiger partial charge in [0.2, 0.25) is 0 Å². The Morgan fingerprint density at radius 2 is 1.59 bits per heavy atom. The maximum atomic E-state index is 15.0. The molecule has 3 aromatic carbocycles. The van der Waals surface area contributed by atoms with E-state index in [1.165, 1.54) is 44.2 Å². The number of halogens is 4. The van der Waals surface area contributed by atoms with Gasteiger partial charge < -0.3 is 4.74 Å². The highest BCUT2D eigenvalue weighted by molar-refractivity contribution is 5.88. The van der Waals surface area contributed by atoms with Crippen LogP contribution in [0.15, 0.2) is 54.6 Å². The predicted octanol–water partition coefficient (Wildman–Crippen LogP) is 9.01. The molecular weight excluding hydrogens is 416 g/mol. The highest BCUT2D eigenvalue weighted by Crippen LogP contribution is 2.39. The second kappa shape index (κ2) is 9.51. The van der Waals surface area contributed by atoms with Gasteiger partial charge in [-0.05, 0) is 83.7 Å². The van der Waals surface area contributed by atoms with Gasteiger partial charge in [-0.3, -0.25) is 0 Å². The summed E-state index contributed by atoms with van der Waals surface area (Å²) in [5, 5.41) is 1.33. The van der Waals surface area contributed by atoms with Crippen molar-refractivity contribution in [2.24, 2.45) is 5.92 Å². The number of hydrogen-bond acceptors (Lipinski definition) is 1. The molecule has 32 heavy (non-hydrogen) atoms. The first-order valence-electron chi connectivity index (χ1n) is 11.4. The molecule has 4 rings (SSSR count). The van der Waals surface area contributed by atoms with Crippen LogP contribution in [0.3, 0.4) is 0 Å². The molecule has 0 atom stereocenters. The summed E-state index contributed by atoms with van der Waals surface area (Å²) in [7, 11) is 0. The Morgan fingerprint density at radius 1 is 0.875 bits per heavy atom. The van der Waals surface area contributed by atoms with E-state index in [0.717, 1.165) is 29.7 Å². The van der Waals surface area contributed by atoms with Crippen LogP contribution < -0.4 is 4.74 Å². The zero-order valence-corrected chi connectivity index (χ0v) is 18.2. The molecule has 0 aromatic heterocycles. The lowest BCUT2D eigenvalue weighted by atomic mass is 9.77. The van der Waals surface area contributed by atoms with Gasteiger partial charge in [-0.2, -0.15) is 0 Å². The van der Waals surface area contributed by atoms with Crippen molar-refractivity contribution in [1.29, 1.82) is 0 Å². The number of ether oxygens (including phenoxy) is 1. The number of fused-ring (bicyclic) bond motifs is 1. The molecule has 0 amide bonds. The van der Waals surface area contributed by atoms with Crippen LogP contribution in [0.2, 0.25) is 0 Å². The van der Waals surface area contributed by atoms with Crippen LogP contribution >= 0.6 is 0 Å². The molecule has 0 aliphatic heterocycles. The number of benzene rings is 3. The fraction of sp³-hybridized carbons (Fsp3) is 0.407. The van der Waals surface area contributed by atoms with Crippen molar-refractivity contribution >= 4 is 10.8 Å². The van der Waals surface area contributed by atoms with E-state index in [2.05, 4.69) is 11.7 Å². The predicted molar refractivity (Wildman–Crippen MR) is 120 cm³/mol. The van der Waals surface area contributed by atoms with Gasteiger partial charge in [0.05, 0.1) is 0 Å². The highest BCUT2D eigenvalue weighted by atomic mass is 19.4. The van der Waals surface area contributed by atoms with Crippen molar-refractivity contribution in [3.05, 3.63) is 66.0 Å². The molecule has 0 bridgehead atoms. The van der Waals surface area contributed by atoms with Gasteiger partial charge in [-0.1, -0.05) is 56.5 Å². The van der Waals surface area contributed by atoms with Crippen molar-refractivity contribution in [3.8, 4) is 16.9 Å². The molecule has 1 fully saturated rings. The van der Waals surface area contributed by atoms with Crippen LogP contribution in [0.4, 0.5) is 17.6 Å². The van der Waals surface area contributed by atoms with Gasteiger partial charge in [0.25, 0.3) is 0 Å². The maximum Gasteiger partial charge on any atom is 0.573 e. The third-order valence-corrected chi connectivity index (χ3v) is 6.63. The van der Waals surface area contributed by atoms with E-state index in [0.29, 0.717) is 22.4 Å². The van der Waals surface area contributed by atoms with E-state index >= 15 is 4.39 Å². The Hall–Kier alpha value is -2.56. The minimum atomic E-state index is -4.73. The standard InChI is InChI=1S/C27H28F4O/c1-2-3-4-18-5-7-19(8-6-18)22-12-14-25(26(28)17-22)23-10-9-21-16-24(32-27(29,30)31)13-11-20(21)15-23/h9-19H,2-8H2,1H3/t18-,19-. The third kappa shape index (κ3) is 5.43. The summed E-state index contributed by atoms with van der Waals surface area (Å²) in [4.78, 5) is 0.